The van der Waals surface area contributed by atoms with Gasteiger partial charge in [0.1, 0.15) is 0 Å². The zero-order chi connectivity index (χ0) is 10.6. The van der Waals surface area contributed by atoms with Crippen molar-refractivity contribution in [2.75, 3.05) is 0 Å². The molecule has 3 heteroatoms. The Morgan fingerprint density at radius 1 is 1.33 bits per heavy atom. The molecule has 1 atom stereocenters. The maximum absolute atomic E-state index is 6.20. The summed E-state index contributed by atoms with van der Waals surface area (Å²) in [4.78, 5) is 1.37. The molecular weight excluding hydrogens is 226 g/mol. The van der Waals surface area contributed by atoms with E-state index in [-0.39, 0.29) is 18.4 Å². The Labute approximate surface area is 103 Å². The van der Waals surface area contributed by atoms with Gasteiger partial charge in [-0.2, -0.15) is 0 Å². The van der Waals surface area contributed by atoms with Crippen LogP contribution in [0.25, 0.3) is 0 Å². The minimum atomic E-state index is 0. The van der Waals surface area contributed by atoms with E-state index in [0.29, 0.717) is 0 Å². The Morgan fingerprint density at radius 2 is 1.93 bits per heavy atom. The lowest BCUT2D eigenvalue weighted by Crippen LogP contribution is -2.14. The van der Waals surface area contributed by atoms with E-state index in [4.69, 9.17) is 5.73 Å². The molecule has 1 rings (SSSR count). The SMILES string of the molecule is CCC(CC)CC(N)c1sccc1C.Cl. The second-order valence-corrected chi connectivity index (χ2v) is 4.94. The summed E-state index contributed by atoms with van der Waals surface area (Å²) in [5, 5.41) is 2.14. The van der Waals surface area contributed by atoms with Crippen molar-refractivity contribution in [3.63, 3.8) is 0 Å². The molecule has 1 aromatic rings. The molecule has 0 aliphatic heterocycles. The molecule has 15 heavy (non-hydrogen) atoms. The van der Waals surface area contributed by atoms with Crippen LogP contribution in [-0.4, -0.2) is 0 Å². The maximum atomic E-state index is 6.20. The summed E-state index contributed by atoms with van der Waals surface area (Å²) in [5.74, 6) is 0.784. The molecule has 0 aliphatic carbocycles. The summed E-state index contributed by atoms with van der Waals surface area (Å²) in [6.45, 7) is 6.66. The van der Waals surface area contributed by atoms with Crippen molar-refractivity contribution in [2.45, 2.75) is 46.1 Å². The van der Waals surface area contributed by atoms with Crippen molar-refractivity contribution < 1.29 is 0 Å². The number of aryl methyl sites for hydroxylation is 1. The van der Waals surface area contributed by atoms with Crippen molar-refractivity contribution >= 4 is 23.7 Å². The molecule has 1 unspecified atom stereocenters. The van der Waals surface area contributed by atoms with Crippen molar-refractivity contribution in [3.8, 4) is 0 Å². The highest BCUT2D eigenvalue weighted by atomic mass is 35.5. The first-order valence-electron chi connectivity index (χ1n) is 5.48. The van der Waals surface area contributed by atoms with Gasteiger partial charge in [-0.3, -0.25) is 0 Å². The van der Waals surface area contributed by atoms with Crippen LogP contribution in [0.1, 0.15) is 49.6 Å². The van der Waals surface area contributed by atoms with Crippen molar-refractivity contribution in [3.05, 3.63) is 21.9 Å². The summed E-state index contributed by atoms with van der Waals surface area (Å²) in [6, 6.07) is 2.41. The first kappa shape index (κ1) is 14.9. The van der Waals surface area contributed by atoms with E-state index in [1.54, 1.807) is 11.3 Å². The first-order chi connectivity index (χ1) is 6.69. The number of hydrogen-bond acceptors (Lipinski definition) is 2. The molecule has 1 nitrogen and oxygen atoms in total. The van der Waals surface area contributed by atoms with Crippen LogP contribution in [-0.2, 0) is 0 Å². The fourth-order valence-corrected chi connectivity index (χ4v) is 2.80. The molecule has 2 N–H and O–H groups in total. The maximum Gasteiger partial charge on any atom is 0.0395 e. The van der Waals surface area contributed by atoms with Crippen LogP contribution >= 0.6 is 23.7 Å². The number of thiophene rings is 1. The van der Waals surface area contributed by atoms with Crippen LogP contribution in [0.4, 0.5) is 0 Å². The third-order valence-electron chi connectivity index (χ3n) is 2.98. The van der Waals surface area contributed by atoms with E-state index in [1.807, 2.05) is 0 Å². The monoisotopic (exact) mass is 247 g/mol. The van der Waals surface area contributed by atoms with Gasteiger partial charge in [0.05, 0.1) is 0 Å². The van der Waals surface area contributed by atoms with Crippen LogP contribution in [0, 0.1) is 12.8 Å². The van der Waals surface area contributed by atoms with Crippen LogP contribution in [0.5, 0.6) is 0 Å². The zero-order valence-corrected chi connectivity index (χ0v) is 11.5. The lowest BCUT2D eigenvalue weighted by atomic mass is 9.94. The molecular formula is C12H22ClNS. The van der Waals surface area contributed by atoms with Crippen molar-refractivity contribution in [1.82, 2.24) is 0 Å². The predicted molar refractivity (Wildman–Crippen MR) is 71.9 cm³/mol. The largest absolute Gasteiger partial charge is 0.323 e. The van der Waals surface area contributed by atoms with Gasteiger partial charge in [0.15, 0.2) is 0 Å². The second-order valence-electron chi connectivity index (χ2n) is 3.99. The van der Waals surface area contributed by atoms with E-state index in [2.05, 4.69) is 32.2 Å². The van der Waals surface area contributed by atoms with Gasteiger partial charge in [0, 0.05) is 10.9 Å². The molecule has 0 saturated carbocycles. The first-order valence-corrected chi connectivity index (χ1v) is 6.36. The van der Waals surface area contributed by atoms with Gasteiger partial charge in [-0.25, -0.2) is 0 Å². The quantitative estimate of drug-likeness (QED) is 0.825. The van der Waals surface area contributed by atoms with Crippen LogP contribution in [0.3, 0.4) is 0 Å². The van der Waals surface area contributed by atoms with Gasteiger partial charge < -0.3 is 5.73 Å². The molecule has 0 spiro atoms. The highest BCUT2D eigenvalue weighted by molar-refractivity contribution is 7.10. The summed E-state index contributed by atoms with van der Waals surface area (Å²) in [6.07, 6.45) is 3.62. The average molecular weight is 248 g/mol. The van der Waals surface area contributed by atoms with E-state index in [1.165, 1.54) is 23.3 Å². The topological polar surface area (TPSA) is 26.0 Å². The third-order valence-corrected chi connectivity index (χ3v) is 4.13. The molecule has 0 bridgehead atoms. The summed E-state index contributed by atoms with van der Waals surface area (Å²) >= 11 is 1.80. The normalized spacial score (nSPS) is 12.6. The Morgan fingerprint density at radius 3 is 2.33 bits per heavy atom. The molecule has 0 radical (unpaired) electrons. The van der Waals surface area contributed by atoms with Crippen LogP contribution in [0.15, 0.2) is 11.4 Å². The molecule has 0 aliphatic rings. The van der Waals surface area contributed by atoms with Gasteiger partial charge in [-0.05, 0) is 36.3 Å². The standard InChI is InChI=1S/C12H21NS.ClH/c1-4-10(5-2)8-11(13)12-9(3)6-7-14-12;/h6-7,10-11H,4-5,8,13H2,1-3H3;1H. The summed E-state index contributed by atoms with van der Waals surface area (Å²) < 4.78 is 0. The van der Waals surface area contributed by atoms with Gasteiger partial charge in [-0.15, -0.1) is 23.7 Å². The summed E-state index contributed by atoms with van der Waals surface area (Å²) in [5.41, 5.74) is 7.56. The van der Waals surface area contributed by atoms with E-state index >= 15 is 0 Å². The zero-order valence-electron chi connectivity index (χ0n) is 9.82. The Balaban J connectivity index is 0.00000196. The molecule has 1 aromatic heterocycles. The lowest BCUT2D eigenvalue weighted by Gasteiger charge is -2.17. The predicted octanol–water partition coefficient (Wildman–Crippen LogP) is 4.30. The van der Waals surface area contributed by atoms with E-state index < -0.39 is 0 Å². The molecule has 0 aromatic carbocycles. The number of hydrogen-bond donors (Lipinski definition) is 1. The number of rotatable bonds is 5. The average Bonchev–Trinajstić information content (AvgIpc) is 2.60. The molecule has 0 amide bonds. The van der Waals surface area contributed by atoms with Crippen LogP contribution in [0.2, 0.25) is 0 Å². The van der Waals surface area contributed by atoms with Crippen molar-refractivity contribution in [1.29, 1.82) is 0 Å². The van der Waals surface area contributed by atoms with E-state index in [0.717, 1.165) is 12.3 Å². The van der Waals surface area contributed by atoms with Gasteiger partial charge in [0.2, 0.25) is 0 Å². The molecule has 0 fully saturated rings. The fraction of sp³-hybridized carbons (Fsp3) is 0.667. The molecule has 0 saturated heterocycles. The number of halogens is 1. The third kappa shape index (κ3) is 4.13. The minimum Gasteiger partial charge on any atom is -0.323 e. The van der Waals surface area contributed by atoms with Gasteiger partial charge >= 0.3 is 0 Å². The van der Waals surface area contributed by atoms with Crippen molar-refractivity contribution in [2.24, 2.45) is 11.7 Å². The molecule has 88 valence electrons. The highest BCUT2D eigenvalue weighted by Crippen LogP contribution is 2.28. The number of nitrogens with two attached hydrogens (primary N) is 1. The summed E-state index contributed by atoms with van der Waals surface area (Å²) in [7, 11) is 0. The van der Waals surface area contributed by atoms with E-state index in [9.17, 15) is 0 Å². The fourth-order valence-electron chi connectivity index (χ4n) is 1.85. The Bertz CT molecular complexity index is 268. The van der Waals surface area contributed by atoms with Gasteiger partial charge in [-0.1, -0.05) is 26.7 Å². The Kier molecular flexibility index (Phi) is 7.24. The second kappa shape index (κ2) is 7.26. The minimum absolute atomic E-state index is 0. The van der Waals surface area contributed by atoms with Gasteiger partial charge in [0.25, 0.3) is 0 Å². The smallest absolute Gasteiger partial charge is 0.0395 e. The lowest BCUT2D eigenvalue weighted by molar-refractivity contribution is 0.416. The molecule has 1 heterocycles. The highest BCUT2D eigenvalue weighted by Gasteiger charge is 2.14. The van der Waals surface area contributed by atoms with Crippen LogP contribution < -0.4 is 5.73 Å². The Hall–Kier alpha value is -0.0500.